The topological polar surface area (TPSA) is 112 Å². The molecule has 0 aromatic heterocycles. The summed E-state index contributed by atoms with van der Waals surface area (Å²) in [5.74, 6) is -0.604. The van der Waals surface area contributed by atoms with E-state index in [1.165, 1.54) is 6.07 Å². The van der Waals surface area contributed by atoms with Crippen LogP contribution in [-0.4, -0.2) is 53.4 Å². The predicted octanol–water partition coefficient (Wildman–Crippen LogP) is 3.56. The normalized spacial score (nSPS) is 28.4. The lowest BCUT2D eigenvalue weighted by Crippen LogP contribution is -2.54. The molecule has 2 N–H and O–H groups in total. The van der Waals surface area contributed by atoms with Crippen LogP contribution in [0.3, 0.4) is 0 Å². The summed E-state index contributed by atoms with van der Waals surface area (Å²) in [7, 11) is 0. The van der Waals surface area contributed by atoms with E-state index in [4.69, 9.17) is 27.9 Å². The van der Waals surface area contributed by atoms with Crippen LogP contribution in [0.4, 0.5) is 0 Å². The fraction of sp³-hybridized carbons (Fsp3) is 0.615. The van der Waals surface area contributed by atoms with Gasteiger partial charge in [0.25, 0.3) is 5.91 Å². The summed E-state index contributed by atoms with van der Waals surface area (Å²) in [6.07, 6.45) is 1.69. The van der Waals surface area contributed by atoms with Crippen LogP contribution in [0, 0.1) is 34.5 Å². The maximum absolute atomic E-state index is 13.4. The van der Waals surface area contributed by atoms with Crippen molar-refractivity contribution in [1.29, 1.82) is 5.26 Å². The number of nitrogens with one attached hydrogen (secondary N) is 2. The van der Waals surface area contributed by atoms with Gasteiger partial charge in [-0.3, -0.25) is 14.4 Å². The lowest BCUT2D eigenvalue weighted by atomic mass is 9.83. The number of carbonyl (C=O) groups is 3. The van der Waals surface area contributed by atoms with Crippen molar-refractivity contribution in [2.45, 2.75) is 64.6 Å². The summed E-state index contributed by atoms with van der Waals surface area (Å²) in [5, 5.41) is 16.3. The molecule has 5 atom stereocenters. The number of amides is 3. The van der Waals surface area contributed by atoms with Crippen LogP contribution in [0.15, 0.2) is 18.2 Å². The lowest BCUT2D eigenvalue weighted by molar-refractivity contribution is -0.142. The molecular weight excluding hydrogens is 503 g/mol. The van der Waals surface area contributed by atoms with Gasteiger partial charge in [0.15, 0.2) is 6.61 Å². The van der Waals surface area contributed by atoms with Gasteiger partial charge in [0, 0.05) is 23.0 Å². The molecule has 10 heteroatoms. The lowest BCUT2D eigenvalue weighted by Gasteiger charge is -2.36. The Kier molecular flexibility index (Phi) is 7.20. The molecule has 36 heavy (non-hydrogen) atoms. The molecule has 2 aliphatic heterocycles. The second kappa shape index (κ2) is 9.75. The Labute approximate surface area is 221 Å². The van der Waals surface area contributed by atoms with Crippen molar-refractivity contribution in [2.75, 3.05) is 13.2 Å². The molecule has 4 rings (SSSR count). The average Bonchev–Trinajstić information content (AvgIpc) is 3.13. The number of halogens is 2. The number of nitrogens with zero attached hydrogens (tertiary/aromatic N) is 2. The first-order chi connectivity index (χ1) is 16.8. The summed E-state index contributed by atoms with van der Waals surface area (Å²) in [5.41, 5.74) is -0.343. The molecule has 0 radical (unpaired) electrons. The minimum Gasteiger partial charge on any atom is -0.482 e. The van der Waals surface area contributed by atoms with Crippen molar-refractivity contribution >= 4 is 40.9 Å². The minimum atomic E-state index is -0.823. The van der Waals surface area contributed by atoms with Gasteiger partial charge in [-0.25, -0.2) is 0 Å². The molecule has 2 saturated heterocycles. The molecule has 3 aliphatic rings. The summed E-state index contributed by atoms with van der Waals surface area (Å²) in [6.45, 7) is 8.28. The Morgan fingerprint density at radius 1 is 1.31 bits per heavy atom. The molecule has 0 spiro atoms. The molecule has 0 bridgehead atoms. The van der Waals surface area contributed by atoms with Crippen molar-refractivity contribution < 1.29 is 19.1 Å². The molecular formula is C26H32Cl2N4O4. The largest absolute Gasteiger partial charge is 0.482 e. The first-order valence-corrected chi connectivity index (χ1v) is 13.0. The van der Waals surface area contributed by atoms with Gasteiger partial charge in [-0.2, -0.15) is 5.26 Å². The molecule has 3 fully saturated rings. The minimum absolute atomic E-state index is 0.00121. The van der Waals surface area contributed by atoms with Gasteiger partial charge < -0.3 is 20.3 Å². The number of likely N-dealkylation sites (tertiary alicyclic amines) is 1. The van der Waals surface area contributed by atoms with Crippen LogP contribution < -0.4 is 15.4 Å². The number of nitriles is 1. The molecule has 0 unspecified atom stereocenters. The van der Waals surface area contributed by atoms with E-state index in [0.717, 1.165) is 6.42 Å². The van der Waals surface area contributed by atoms with E-state index >= 15 is 0 Å². The number of fused-ring (bicyclic) bond motifs is 1. The van der Waals surface area contributed by atoms with Crippen LogP contribution in [0.2, 0.25) is 10.0 Å². The Morgan fingerprint density at radius 2 is 2.03 bits per heavy atom. The highest BCUT2D eigenvalue weighted by molar-refractivity contribution is 6.35. The molecule has 194 valence electrons. The van der Waals surface area contributed by atoms with E-state index in [-0.39, 0.29) is 59.5 Å². The van der Waals surface area contributed by atoms with E-state index < -0.39 is 12.1 Å². The maximum Gasteiger partial charge on any atom is 0.261 e. The van der Waals surface area contributed by atoms with Crippen LogP contribution in [0.1, 0.15) is 47.0 Å². The first-order valence-electron chi connectivity index (χ1n) is 12.2. The third-order valence-electron chi connectivity index (χ3n) is 7.99. The molecule has 1 aromatic carbocycles. The fourth-order valence-electron chi connectivity index (χ4n) is 5.73. The number of benzene rings is 1. The smallest absolute Gasteiger partial charge is 0.261 e. The van der Waals surface area contributed by atoms with Gasteiger partial charge in [0.05, 0.1) is 11.1 Å². The highest BCUT2D eigenvalue weighted by Gasteiger charge is 2.69. The number of piperidine rings is 2. The van der Waals surface area contributed by atoms with Crippen LogP contribution in [0.25, 0.3) is 0 Å². The number of ether oxygens (including phenoxy) is 1. The summed E-state index contributed by atoms with van der Waals surface area (Å²) >= 11 is 12.1. The third-order valence-corrected chi connectivity index (χ3v) is 8.52. The molecule has 3 amide bonds. The van der Waals surface area contributed by atoms with Gasteiger partial charge >= 0.3 is 0 Å². The van der Waals surface area contributed by atoms with Gasteiger partial charge in [-0.15, -0.1) is 0 Å². The number of rotatable bonds is 7. The Morgan fingerprint density at radius 3 is 2.67 bits per heavy atom. The van der Waals surface area contributed by atoms with E-state index in [0.29, 0.717) is 28.8 Å². The van der Waals surface area contributed by atoms with E-state index in [1.807, 2.05) is 13.8 Å². The molecule has 1 aliphatic carbocycles. The zero-order chi connectivity index (χ0) is 26.4. The summed E-state index contributed by atoms with van der Waals surface area (Å²) in [4.78, 5) is 40.6. The second-order valence-electron chi connectivity index (χ2n) is 11.3. The van der Waals surface area contributed by atoms with Gasteiger partial charge in [-0.1, -0.05) is 37.0 Å². The fourth-order valence-corrected chi connectivity index (χ4v) is 6.20. The molecule has 8 nitrogen and oxygen atoms in total. The standard InChI is InChI=1S/C26H32Cl2N4O4/c1-25(2)8-7-14(23(34)31-25)9-16(11-29)30-24(35)22-21-17(26(21,3)4)12-32(22)20(33)13-36-19-6-5-15(27)10-18(19)28/h5-6,10,14,16-17,21-22H,7-9,12-13H2,1-4H3,(H,30,35)(H,31,34)/t14-,16-,17-,21-,22-/m0/s1. The van der Waals surface area contributed by atoms with E-state index in [1.54, 1.807) is 17.0 Å². The Balaban J connectivity index is 1.41. The zero-order valence-corrected chi connectivity index (χ0v) is 22.4. The molecule has 1 saturated carbocycles. The highest BCUT2D eigenvalue weighted by atomic mass is 35.5. The van der Waals surface area contributed by atoms with Gasteiger partial charge in [-0.05, 0) is 68.6 Å². The number of hydrogen-bond donors (Lipinski definition) is 2. The monoisotopic (exact) mass is 534 g/mol. The second-order valence-corrected chi connectivity index (χ2v) is 12.2. The summed E-state index contributed by atoms with van der Waals surface area (Å²) in [6, 6.07) is 5.35. The highest BCUT2D eigenvalue weighted by Crippen LogP contribution is 2.64. The van der Waals surface area contributed by atoms with E-state index in [9.17, 15) is 19.6 Å². The Bertz CT molecular complexity index is 1120. The van der Waals surface area contributed by atoms with Gasteiger partial charge in [0.2, 0.25) is 11.8 Å². The van der Waals surface area contributed by atoms with Crippen molar-refractivity contribution in [3.05, 3.63) is 28.2 Å². The maximum atomic E-state index is 13.4. The van der Waals surface area contributed by atoms with Crippen molar-refractivity contribution in [3.8, 4) is 11.8 Å². The summed E-state index contributed by atoms with van der Waals surface area (Å²) < 4.78 is 5.62. The van der Waals surface area contributed by atoms with Gasteiger partial charge in [0.1, 0.15) is 17.8 Å². The Hall–Kier alpha value is -2.50. The quantitative estimate of drug-likeness (QED) is 0.555. The van der Waals surface area contributed by atoms with Crippen LogP contribution >= 0.6 is 23.2 Å². The van der Waals surface area contributed by atoms with E-state index in [2.05, 4.69) is 30.6 Å². The predicted molar refractivity (Wildman–Crippen MR) is 135 cm³/mol. The van der Waals surface area contributed by atoms with Crippen LogP contribution in [-0.2, 0) is 14.4 Å². The SMILES string of the molecule is CC1(C)CC[C@@H](C[C@@H](C#N)NC(=O)[C@@H]2[C@@H]3[C@H](CN2C(=O)COc2ccc(Cl)cc2Cl)C3(C)C)C(=O)N1. The molecule has 2 heterocycles. The van der Waals surface area contributed by atoms with Crippen molar-refractivity contribution in [1.82, 2.24) is 15.5 Å². The first kappa shape index (κ1) is 26.6. The molecule has 1 aromatic rings. The zero-order valence-electron chi connectivity index (χ0n) is 20.9. The number of hydrogen-bond acceptors (Lipinski definition) is 5. The number of carbonyl (C=O) groups excluding carboxylic acids is 3. The van der Waals surface area contributed by atoms with Crippen LogP contribution in [0.5, 0.6) is 5.75 Å². The third kappa shape index (κ3) is 5.28. The van der Waals surface area contributed by atoms with Crippen molar-refractivity contribution in [2.24, 2.45) is 23.2 Å². The van der Waals surface area contributed by atoms with Crippen molar-refractivity contribution in [3.63, 3.8) is 0 Å². The average molecular weight is 535 g/mol.